The minimum atomic E-state index is -9.01. The van der Waals surface area contributed by atoms with Crippen LogP contribution in [0.4, 0.5) is 161 Å². The maximum atomic E-state index is 15.3. The first-order chi connectivity index (χ1) is 45.4. The van der Waals surface area contributed by atoms with Crippen LogP contribution < -0.4 is 19.3 Å². The molecule has 50 heteroatoms. The van der Waals surface area contributed by atoms with Crippen molar-refractivity contribution >= 4 is 81.3 Å². The molecule has 2 heterocycles. The van der Waals surface area contributed by atoms with Crippen molar-refractivity contribution in [3.05, 3.63) is 105 Å². The van der Waals surface area contributed by atoms with E-state index < -0.39 is 164 Å². The minimum absolute atomic E-state index is 0.00966. The van der Waals surface area contributed by atoms with Gasteiger partial charge in [0.05, 0.1) is 13.1 Å². The van der Waals surface area contributed by atoms with Gasteiger partial charge >= 0.3 is 107 Å². The summed E-state index contributed by atoms with van der Waals surface area (Å²) in [5.41, 5.74) is 0.0590. The van der Waals surface area contributed by atoms with Crippen molar-refractivity contribution in [3.8, 4) is 12.0 Å². The summed E-state index contributed by atoms with van der Waals surface area (Å²) < 4.78 is 491. The Morgan fingerprint density at radius 3 is 0.842 bits per heavy atom. The fraction of sp³-hybridized carbons (Fsp3) is 0.529. The monoisotopic (exact) mass is 1640 g/mol. The zero-order valence-electron chi connectivity index (χ0n) is 48.7. The molecule has 101 heavy (non-hydrogen) atoms. The molecule has 5 aromatic rings. The van der Waals surface area contributed by atoms with E-state index in [-0.39, 0.29) is 82.0 Å². The summed E-state index contributed by atoms with van der Waals surface area (Å²) in [5.74, 6) is -124. The van der Waals surface area contributed by atoms with E-state index >= 15 is 35.1 Å². The van der Waals surface area contributed by atoms with E-state index in [0.717, 1.165) is 12.1 Å². The van der Waals surface area contributed by atoms with E-state index in [9.17, 15) is 114 Å². The number of likely N-dealkylation sites (N-methyl/N-ethyl adjacent to an activating group) is 2. The molecular formula is C51H34Cl4F34N8O2S2. The van der Waals surface area contributed by atoms with Crippen molar-refractivity contribution in [2.24, 2.45) is 0 Å². The maximum absolute atomic E-state index is 15.3. The molecule has 0 bridgehead atoms. The van der Waals surface area contributed by atoms with Crippen LogP contribution in [0.5, 0.6) is 12.0 Å². The molecule has 0 saturated carbocycles. The van der Waals surface area contributed by atoms with Gasteiger partial charge < -0.3 is 19.3 Å². The number of rotatable bonds is 33. The Bertz CT molecular complexity index is 3410. The van der Waals surface area contributed by atoms with Crippen LogP contribution in [-0.2, 0) is 0 Å². The molecule has 0 aliphatic rings. The van der Waals surface area contributed by atoms with Gasteiger partial charge in [-0.3, -0.25) is 0 Å². The van der Waals surface area contributed by atoms with Crippen LogP contribution in [-0.4, -0.2) is 177 Å². The Kier molecular flexibility index (Phi) is 25.0. The van der Waals surface area contributed by atoms with Gasteiger partial charge in [-0.15, -0.1) is 23.5 Å². The SMILES string of the molecule is CN(CCOc1nc(Cl)nc(Cl)n1)c1ccc(C(c2ccc(N(C)CCOc3nc(Cl)nc(Cl)n3)cc2)c2cc(SCCC(F)(F)C(F)(F)C(F)(F)C(F)(F)C(F)(F)C(F)(F)C(F)(F)C(F)(F)F)cc(SCCC(F)(F)C(F)(F)C(F)(F)C(F)(F)C(F)(F)C(F)(F)C(F)(F)C(F)(F)F)c2)cc1. The Morgan fingerprint density at radius 2 is 0.584 bits per heavy atom. The molecule has 0 radical (unpaired) electrons. The van der Waals surface area contributed by atoms with E-state index in [1.807, 2.05) is 0 Å². The van der Waals surface area contributed by atoms with Crippen molar-refractivity contribution in [3.63, 3.8) is 0 Å². The Hall–Kier alpha value is -5.64. The lowest BCUT2D eigenvalue weighted by atomic mass is 9.85. The van der Waals surface area contributed by atoms with E-state index in [1.54, 1.807) is 0 Å². The first-order valence-corrected chi connectivity index (χ1v) is 29.7. The molecule has 0 spiro atoms. The predicted molar refractivity (Wildman–Crippen MR) is 290 cm³/mol. The van der Waals surface area contributed by atoms with Crippen molar-refractivity contribution < 1.29 is 159 Å². The topological polar surface area (TPSA) is 102 Å². The van der Waals surface area contributed by atoms with Gasteiger partial charge in [-0.2, -0.15) is 179 Å². The molecule has 0 amide bonds. The van der Waals surface area contributed by atoms with Gasteiger partial charge in [0.15, 0.2) is 0 Å². The molecule has 568 valence electrons. The zero-order valence-corrected chi connectivity index (χ0v) is 53.3. The number of hydrogen-bond acceptors (Lipinski definition) is 12. The van der Waals surface area contributed by atoms with Crippen LogP contribution >= 0.6 is 69.9 Å². The van der Waals surface area contributed by atoms with Crippen molar-refractivity contribution in [2.45, 2.75) is 124 Å². The van der Waals surface area contributed by atoms with E-state index in [2.05, 4.69) is 29.9 Å². The number of ether oxygens (including phenoxy) is 2. The lowest BCUT2D eigenvalue weighted by Gasteiger charge is -2.42. The molecule has 0 aliphatic heterocycles. The third-order valence-corrected chi connectivity index (χ3v) is 16.6. The standard InChI is InChI=1S/C51H34Cl4F34N8O2S2/c1-96(13-15-98-34-92-30(52)90-31(53)93-34)25-7-3-22(4-8-25)29(23-5-9-26(10-6-23)97(2)14-16-99-35-94-32(54)91-33(55)95-35)24-19-27(100-17-11-36(56,57)38(60,61)40(64,65)42(68,69)44(72,73)46(76,77)48(80,81)50(84,85)86)21-28(20-24)101-18-12-37(58,59)39(62,63)41(66,67)43(70,71)45(74,75)47(78,79)49(82,83)51(87,88)89/h3-10,19-21,29H,11-18H2,1-2H3. The zero-order chi connectivity index (χ0) is 77.7. The number of anilines is 2. The summed E-state index contributed by atoms with van der Waals surface area (Å²) in [7, 11) is 2.89. The molecule has 0 N–H and O–H groups in total. The first kappa shape index (κ1) is 86.0. The number of hydrogen-bond donors (Lipinski definition) is 0. The van der Waals surface area contributed by atoms with Crippen molar-refractivity contribution in [1.82, 2.24) is 29.9 Å². The van der Waals surface area contributed by atoms with Crippen LogP contribution in [0.2, 0.25) is 21.1 Å². The first-order valence-electron chi connectivity index (χ1n) is 26.3. The van der Waals surface area contributed by atoms with Crippen LogP contribution in [0.15, 0.2) is 76.5 Å². The molecule has 0 saturated heterocycles. The quantitative estimate of drug-likeness (QED) is 0.0227. The molecule has 0 atom stereocenters. The highest BCUT2D eigenvalue weighted by Gasteiger charge is 2.97. The Labute approximate surface area is 570 Å². The second-order valence-corrected chi connectivity index (χ2v) is 24.4. The number of nitrogens with zero attached hydrogens (tertiary/aromatic N) is 8. The normalized spacial score (nSPS) is 14.4. The number of halogens is 38. The molecule has 2 aromatic heterocycles. The molecule has 10 nitrogen and oxygen atoms in total. The fourth-order valence-corrected chi connectivity index (χ4v) is 11.0. The van der Waals surface area contributed by atoms with Crippen LogP contribution in [0, 0.1) is 0 Å². The van der Waals surface area contributed by atoms with E-state index in [4.69, 9.17) is 55.9 Å². The minimum Gasteiger partial charge on any atom is -0.461 e. The molecule has 3 aromatic carbocycles. The summed E-state index contributed by atoms with van der Waals surface area (Å²) in [6.45, 7) is -0.585. The molecular weight excluding hydrogens is 1610 g/mol. The molecule has 0 fully saturated rings. The van der Waals surface area contributed by atoms with Gasteiger partial charge in [0, 0.05) is 65.5 Å². The van der Waals surface area contributed by atoms with E-state index in [1.165, 1.54) is 72.4 Å². The molecule has 0 aliphatic carbocycles. The smallest absolute Gasteiger partial charge is 0.460 e. The highest BCUT2D eigenvalue weighted by atomic mass is 35.5. The second-order valence-electron chi connectivity index (χ2n) is 20.7. The van der Waals surface area contributed by atoms with Crippen LogP contribution in [0.1, 0.15) is 35.4 Å². The predicted octanol–water partition coefficient (Wildman–Crippen LogP) is 19.9. The third kappa shape index (κ3) is 16.3. The Morgan fingerprint density at radius 1 is 0.337 bits per heavy atom. The highest BCUT2D eigenvalue weighted by molar-refractivity contribution is 8.00. The van der Waals surface area contributed by atoms with Gasteiger partial charge in [0.2, 0.25) is 21.1 Å². The number of aromatic nitrogens is 6. The molecule has 5 rings (SSSR count). The summed E-state index contributed by atoms with van der Waals surface area (Å²) in [6, 6.07) is 11.5. The average Bonchev–Trinajstić information content (AvgIpc) is 0.702. The maximum Gasteiger partial charge on any atom is 0.460 e. The van der Waals surface area contributed by atoms with Gasteiger partial charge in [0.25, 0.3) is 0 Å². The van der Waals surface area contributed by atoms with Gasteiger partial charge in [-0.05, 0) is 106 Å². The number of benzene rings is 3. The fourth-order valence-electron chi connectivity index (χ4n) is 8.20. The van der Waals surface area contributed by atoms with Crippen molar-refractivity contribution in [2.75, 3.05) is 61.7 Å². The van der Waals surface area contributed by atoms with Crippen LogP contribution in [0.25, 0.3) is 0 Å². The summed E-state index contributed by atoms with van der Waals surface area (Å²) >= 11 is 22.1. The number of alkyl halides is 34. The summed E-state index contributed by atoms with van der Waals surface area (Å²) in [4.78, 5) is 23.0. The van der Waals surface area contributed by atoms with Crippen molar-refractivity contribution in [1.29, 1.82) is 0 Å². The Balaban J connectivity index is 1.62. The molecule has 0 unspecified atom stereocenters. The average molecular weight is 1640 g/mol. The van der Waals surface area contributed by atoms with E-state index in [0.29, 0.717) is 6.07 Å². The van der Waals surface area contributed by atoms with Gasteiger partial charge in [-0.25, -0.2) is 0 Å². The second kappa shape index (κ2) is 29.4. The number of thioether (sulfide) groups is 2. The largest absolute Gasteiger partial charge is 0.461 e. The van der Waals surface area contributed by atoms with Crippen LogP contribution in [0.3, 0.4) is 0 Å². The lowest BCUT2D eigenvalue weighted by molar-refractivity contribution is -0.461. The summed E-state index contributed by atoms with van der Waals surface area (Å²) in [6.07, 6.45) is -22.4. The summed E-state index contributed by atoms with van der Waals surface area (Å²) in [5, 5.41) is -1.56. The van der Waals surface area contributed by atoms with Gasteiger partial charge in [0.1, 0.15) is 13.2 Å². The third-order valence-electron chi connectivity index (χ3n) is 14.0. The highest BCUT2D eigenvalue weighted by Crippen LogP contribution is 2.67. The van der Waals surface area contributed by atoms with Gasteiger partial charge in [-0.1, -0.05) is 24.3 Å². The lowest BCUT2D eigenvalue weighted by Crippen LogP contribution is -2.74.